The van der Waals surface area contributed by atoms with E-state index < -0.39 is 0 Å². The van der Waals surface area contributed by atoms with Crippen molar-refractivity contribution in [3.05, 3.63) is 40.3 Å². The van der Waals surface area contributed by atoms with Crippen molar-refractivity contribution in [3.63, 3.8) is 0 Å². The van der Waals surface area contributed by atoms with Crippen molar-refractivity contribution in [2.45, 2.75) is 26.3 Å². The highest BCUT2D eigenvalue weighted by atomic mass is 32.1. The van der Waals surface area contributed by atoms with Gasteiger partial charge in [-0.25, -0.2) is 4.98 Å². The first-order valence-corrected chi connectivity index (χ1v) is 9.02. The summed E-state index contributed by atoms with van der Waals surface area (Å²) >= 11 is 1.56. The second-order valence-corrected chi connectivity index (χ2v) is 7.19. The van der Waals surface area contributed by atoms with E-state index in [9.17, 15) is 9.59 Å². The standard InChI is InChI=1S/C18H21N3O3S/c1-11(16-10-25-12(2)20-16)19-18(23)13-8-17(22)21(9-13)14-4-6-15(24-3)7-5-14/h4-7,10-11,13H,8-9H2,1-3H3,(H,19,23). The van der Waals surface area contributed by atoms with Crippen molar-refractivity contribution in [1.82, 2.24) is 10.3 Å². The first-order chi connectivity index (χ1) is 12.0. The molecular weight excluding hydrogens is 338 g/mol. The number of carbonyl (C=O) groups excluding carboxylic acids is 2. The molecule has 0 bridgehead atoms. The zero-order valence-corrected chi connectivity index (χ0v) is 15.3. The van der Waals surface area contributed by atoms with Crippen LogP contribution in [0, 0.1) is 12.8 Å². The fourth-order valence-corrected chi connectivity index (χ4v) is 3.59. The van der Waals surface area contributed by atoms with E-state index in [-0.39, 0.29) is 30.2 Å². The highest BCUT2D eigenvalue weighted by molar-refractivity contribution is 7.09. The number of ether oxygens (including phenoxy) is 1. The van der Waals surface area contributed by atoms with Gasteiger partial charge < -0.3 is 15.0 Å². The van der Waals surface area contributed by atoms with Gasteiger partial charge in [0.05, 0.1) is 29.8 Å². The molecule has 2 heterocycles. The van der Waals surface area contributed by atoms with Gasteiger partial charge in [-0.05, 0) is 38.1 Å². The number of amides is 2. The number of nitrogens with one attached hydrogen (secondary N) is 1. The second-order valence-electron chi connectivity index (χ2n) is 6.13. The van der Waals surface area contributed by atoms with Crippen LogP contribution in [0.2, 0.25) is 0 Å². The fourth-order valence-electron chi connectivity index (χ4n) is 2.88. The maximum absolute atomic E-state index is 12.5. The van der Waals surface area contributed by atoms with Gasteiger partial charge in [-0.3, -0.25) is 9.59 Å². The molecule has 2 unspecified atom stereocenters. The van der Waals surface area contributed by atoms with Gasteiger partial charge in [0.2, 0.25) is 11.8 Å². The molecule has 2 amide bonds. The summed E-state index contributed by atoms with van der Waals surface area (Å²) in [6.45, 7) is 4.23. The van der Waals surface area contributed by atoms with Crippen molar-refractivity contribution < 1.29 is 14.3 Å². The molecule has 6 nitrogen and oxygen atoms in total. The lowest BCUT2D eigenvalue weighted by molar-refractivity contribution is -0.126. The summed E-state index contributed by atoms with van der Waals surface area (Å²) in [4.78, 5) is 30.9. The summed E-state index contributed by atoms with van der Waals surface area (Å²) < 4.78 is 5.13. The summed E-state index contributed by atoms with van der Waals surface area (Å²) in [5.41, 5.74) is 1.64. The Morgan fingerprint density at radius 2 is 2.12 bits per heavy atom. The van der Waals surface area contributed by atoms with E-state index in [1.165, 1.54) is 0 Å². The van der Waals surface area contributed by atoms with Gasteiger partial charge in [0.15, 0.2) is 0 Å². The van der Waals surface area contributed by atoms with Gasteiger partial charge >= 0.3 is 0 Å². The number of anilines is 1. The number of methoxy groups -OCH3 is 1. The van der Waals surface area contributed by atoms with Crippen LogP contribution in [0.25, 0.3) is 0 Å². The van der Waals surface area contributed by atoms with Crippen LogP contribution in [0.5, 0.6) is 5.75 Å². The molecular formula is C18H21N3O3S. The molecule has 0 saturated carbocycles. The number of hydrogen-bond donors (Lipinski definition) is 1. The highest BCUT2D eigenvalue weighted by Crippen LogP contribution is 2.27. The Kier molecular flexibility index (Phi) is 5.03. The predicted octanol–water partition coefficient (Wildman–Crippen LogP) is 2.69. The molecule has 2 atom stereocenters. The quantitative estimate of drug-likeness (QED) is 0.891. The molecule has 0 aliphatic carbocycles. The highest BCUT2D eigenvalue weighted by Gasteiger charge is 2.35. The molecule has 0 radical (unpaired) electrons. The zero-order valence-electron chi connectivity index (χ0n) is 14.5. The van der Waals surface area contributed by atoms with Crippen LogP contribution in [0.4, 0.5) is 5.69 Å². The SMILES string of the molecule is COc1ccc(N2CC(C(=O)NC(C)c3csc(C)n3)CC2=O)cc1. The van der Waals surface area contributed by atoms with E-state index >= 15 is 0 Å². The van der Waals surface area contributed by atoms with E-state index in [4.69, 9.17) is 4.74 Å². The number of aromatic nitrogens is 1. The number of rotatable bonds is 5. The van der Waals surface area contributed by atoms with Gasteiger partial charge in [-0.15, -0.1) is 11.3 Å². The zero-order chi connectivity index (χ0) is 18.0. The lowest BCUT2D eigenvalue weighted by Crippen LogP contribution is -2.34. The third kappa shape index (κ3) is 3.82. The van der Waals surface area contributed by atoms with E-state index in [1.807, 2.05) is 43.5 Å². The largest absolute Gasteiger partial charge is 0.497 e. The number of aryl methyl sites for hydroxylation is 1. The van der Waals surface area contributed by atoms with E-state index in [1.54, 1.807) is 23.3 Å². The topological polar surface area (TPSA) is 71.5 Å². The molecule has 1 saturated heterocycles. The summed E-state index contributed by atoms with van der Waals surface area (Å²) in [5.74, 6) is 0.235. The first-order valence-electron chi connectivity index (χ1n) is 8.14. The number of thiazole rings is 1. The van der Waals surface area contributed by atoms with E-state index in [2.05, 4.69) is 10.3 Å². The number of carbonyl (C=O) groups is 2. The van der Waals surface area contributed by atoms with Crippen molar-refractivity contribution in [2.75, 3.05) is 18.6 Å². The molecule has 1 N–H and O–H groups in total. The van der Waals surface area contributed by atoms with Gasteiger partial charge in [0.1, 0.15) is 5.75 Å². The summed E-state index contributed by atoms with van der Waals surface area (Å²) in [6, 6.07) is 7.11. The molecule has 0 spiro atoms. The number of benzene rings is 1. The minimum atomic E-state index is -0.350. The smallest absolute Gasteiger partial charge is 0.227 e. The Balaban J connectivity index is 1.63. The molecule has 25 heavy (non-hydrogen) atoms. The van der Waals surface area contributed by atoms with Gasteiger partial charge in [-0.1, -0.05) is 0 Å². The lowest BCUT2D eigenvalue weighted by Gasteiger charge is -2.18. The monoisotopic (exact) mass is 359 g/mol. The number of hydrogen-bond acceptors (Lipinski definition) is 5. The van der Waals surface area contributed by atoms with E-state index in [0.717, 1.165) is 22.1 Å². The molecule has 7 heteroatoms. The fraction of sp³-hybridized carbons (Fsp3) is 0.389. The van der Waals surface area contributed by atoms with Crippen LogP contribution in [0.1, 0.15) is 30.1 Å². The van der Waals surface area contributed by atoms with Gasteiger partial charge in [0, 0.05) is 24.0 Å². The van der Waals surface area contributed by atoms with Crippen LogP contribution in [0.15, 0.2) is 29.6 Å². The van der Waals surface area contributed by atoms with Gasteiger partial charge in [-0.2, -0.15) is 0 Å². The average Bonchev–Trinajstić information content (AvgIpc) is 3.21. The van der Waals surface area contributed by atoms with Crippen molar-refractivity contribution in [3.8, 4) is 5.75 Å². The van der Waals surface area contributed by atoms with E-state index in [0.29, 0.717) is 6.54 Å². The van der Waals surface area contributed by atoms with Gasteiger partial charge in [0.25, 0.3) is 0 Å². The Morgan fingerprint density at radius 1 is 1.40 bits per heavy atom. The molecule has 3 rings (SSSR count). The predicted molar refractivity (Wildman–Crippen MR) is 96.9 cm³/mol. The molecule has 2 aromatic rings. The van der Waals surface area contributed by atoms with Crippen LogP contribution in [-0.4, -0.2) is 30.5 Å². The molecule has 1 aliphatic heterocycles. The van der Waals surface area contributed by atoms with Crippen molar-refractivity contribution in [1.29, 1.82) is 0 Å². The maximum Gasteiger partial charge on any atom is 0.227 e. The number of nitrogens with zero attached hydrogens (tertiary/aromatic N) is 2. The second kappa shape index (κ2) is 7.23. The van der Waals surface area contributed by atoms with Crippen LogP contribution in [-0.2, 0) is 9.59 Å². The summed E-state index contributed by atoms with van der Waals surface area (Å²) in [5, 5.41) is 5.89. The Hall–Kier alpha value is -2.41. The molecule has 1 aliphatic rings. The Bertz CT molecular complexity index is 772. The molecule has 1 aromatic heterocycles. The average molecular weight is 359 g/mol. The third-order valence-corrected chi connectivity index (χ3v) is 5.11. The first kappa shape index (κ1) is 17.4. The van der Waals surface area contributed by atoms with Crippen molar-refractivity contribution >= 4 is 28.8 Å². The molecule has 1 aromatic carbocycles. The van der Waals surface area contributed by atoms with Crippen molar-refractivity contribution in [2.24, 2.45) is 5.92 Å². The lowest BCUT2D eigenvalue weighted by atomic mass is 10.1. The Labute approximate surface area is 150 Å². The minimum Gasteiger partial charge on any atom is -0.497 e. The third-order valence-electron chi connectivity index (χ3n) is 4.32. The summed E-state index contributed by atoms with van der Waals surface area (Å²) in [6.07, 6.45) is 0.223. The molecule has 1 fully saturated rings. The van der Waals surface area contributed by atoms with Crippen LogP contribution < -0.4 is 15.0 Å². The minimum absolute atomic E-state index is 0.0394. The van der Waals surface area contributed by atoms with Crippen LogP contribution >= 0.6 is 11.3 Å². The maximum atomic E-state index is 12.5. The molecule has 132 valence electrons. The normalized spacial score (nSPS) is 18.3. The Morgan fingerprint density at radius 3 is 2.72 bits per heavy atom. The summed E-state index contributed by atoms with van der Waals surface area (Å²) in [7, 11) is 1.60. The van der Waals surface area contributed by atoms with Crippen LogP contribution in [0.3, 0.4) is 0 Å².